The van der Waals surface area contributed by atoms with Gasteiger partial charge in [-0.25, -0.2) is 0 Å². The lowest BCUT2D eigenvalue weighted by atomic mass is 10.2. The first-order valence-electron chi connectivity index (χ1n) is 2.88. The molecule has 10 heavy (non-hydrogen) atoms. The minimum atomic E-state index is -0.324. The van der Waals surface area contributed by atoms with E-state index in [4.69, 9.17) is 0 Å². The molecule has 0 aromatic rings. The molecular formula is C7H10O3. The van der Waals surface area contributed by atoms with Crippen LogP contribution >= 0.6 is 0 Å². The van der Waals surface area contributed by atoms with Crippen molar-refractivity contribution in [2.24, 2.45) is 0 Å². The van der Waals surface area contributed by atoms with E-state index in [-0.39, 0.29) is 12.4 Å². The zero-order valence-corrected chi connectivity index (χ0v) is 6.09. The van der Waals surface area contributed by atoms with Crippen molar-refractivity contribution in [2.75, 3.05) is 7.11 Å². The van der Waals surface area contributed by atoms with E-state index < -0.39 is 0 Å². The summed E-state index contributed by atoms with van der Waals surface area (Å²) in [4.78, 5) is 20.4. The third-order valence-corrected chi connectivity index (χ3v) is 1.00. The smallest absolute Gasteiger partial charge is 0.309 e. The van der Waals surface area contributed by atoms with Gasteiger partial charge in [0.2, 0.25) is 0 Å². The summed E-state index contributed by atoms with van der Waals surface area (Å²) in [6.07, 6.45) is 2.18. The molecule has 0 saturated heterocycles. The molecule has 0 bridgehead atoms. The number of carbonyl (C=O) groups excluding carboxylic acids is 2. The number of hydrogen-bond acceptors (Lipinski definition) is 3. The third-order valence-electron chi connectivity index (χ3n) is 1.00. The quantitative estimate of drug-likeness (QED) is 0.331. The predicted molar refractivity (Wildman–Crippen MR) is 36.5 cm³/mol. The second-order valence-electron chi connectivity index (χ2n) is 1.90. The van der Waals surface area contributed by atoms with Crippen molar-refractivity contribution in [1.82, 2.24) is 0 Å². The van der Waals surface area contributed by atoms with Crippen LogP contribution in [0.1, 0.15) is 13.3 Å². The maximum Gasteiger partial charge on any atom is 0.309 e. The van der Waals surface area contributed by atoms with Gasteiger partial charge in [-0.3, -0.25) is 9.59 Å². The lowest BCUT2D eigenvalue weighted by Crippen LogP contribution is -2.00. The third kappa shape index (κ3) is 3.83. The number of methoxy groups -OCH3 is 1. The average Bonchev–Trinajstić information content (AvgIpc) is 1.88. The molecule has 0 N–H and O–H groups in total. The molecule has 0 aliphatic carbocycles. The number of ether oxygens (including phenoxy) is 1. The highest BCUT2D eigenvalue weighted by atomic mass is 16.5. The summed E-state index contributed by atoms with van der Waals surface area (Å²) < 4.78 is 4.37. The summed E-state index contributed by atoms with van der Waals surface area (Å²) in [7, 11) is 1.32. The van der Waals surface area contributed by atoms with Crippen LogP contribution < -0.4 is 0 Å². The summed E-state index contributed by atoms with van der Waals surface area (Å²) in [6.45, 7) is 1.70. The summed E-state index contributed by atoms with van der Waals surface area (Å²) in [5, 5.41) is 0. The Morgan fingerprint density at radius 2 is 2.20 bits per heavy atom. The van der Waals surface area contributed by atoms with Crippen LogP contribution in [0.5, 0.6) is 0 Å². The van der Waals surface area contributed by atoms with Gasteiger partial charge in [0.15, 0.2) is 0 Å². The highest BCUT2D eigenvalue weighted by Gasteiger charge is 1.99. The Balaban J connectivity index is 3.78. The normalized spacial score (nSPS) is 10.8. The van der Waals surface area contributed by atoms with E-state index in [1.54, 1.807) is 6.92 Å². The molecule has 0 aromatic carbocycles. The molecule has 0 aromatic heterocycles. The average molecular weight is 142 g/mol. The maximum atomic E-state index is 10.5. The summed E-state index contributed by atoms with van der Waals surface area (Å²) >= 11 is 0. The Bertz CT molecular complexity index is 158. The van der Waals surface area contributed by atoms with E-state index >= 15 is 0 Å². The molecule has 3 nitrogen and oxygen atoms in total. The zero-order valence-electron chi connectivity index (χ0n) is 6.09. The highest BCUT2D eigenvalue weighted by molar-refractivity contribution is 5.75. The first kappa shape index (κ1) is 8.88. The molecule has 3 heteroatoms. The van der Waals surface area contributed by atoms with Crippen molar-refractivity contribution in [1.29, 1.82) is 0 Å². The van der Waals surface area contributed by atoms with Crippen LogP contribution in [0, 0.1) is 0 Å². The minimum absolute atomic E-state index is 0.190. The van der Waals surface area contributed by atoms with Gasteiger partial charge >= 0.3 is 5.97 Å². The van der Waals surface area contributed by atoms with Gasteiger partial charge in [-0.15, -0.1) is 0 Å². The van der Waals surface area contributed by atoms with Crippen LogP contribution in [0.4, 0.5) is 0 Å². The number of hydrogen-bond donors (Lipinski definition) is 0. The molecule has 0 amide bonds. The molecule has 56 valence electrons. The Kier molecular flexibility index (Phi) is 4.20. The summed E-state index contributed by atoms with van der Waals surface area (Å²) in [5.74, 6) is -0.324. The molecule has 0 unspecified atom stereocenters. The van der Waals surface area contributed by atoms with Crippen molar-refractivity contribution in [3.63, 3.8) is 0 Å². The van der Waals surface area contributed by atoms with Gasteiger partial charge in [0.05, 0.1) is 13.5 Å². The molecule has 0 aliphatic rings. The van der Waals surface area contributed by atoms with Gasteiger partial charge in [-0.2, -0.15) is 0 Å². The van der Waals surface area contributed by atoms with Crippen molar-refractivity contribution in [3.05, 3.63) is 11.6 Å². The van der Waals surface area contributed by atoms with Crippen LogP contribution in [0.2, 0.25) is 0 Å². The van der Waals surface area contributed by atoms with Gasteiger partial charge in [-0.1, -0.05) is 5.57 Å². The van der Waals surface area contributed by atoms with E-state index in [1.807, 2.05) is 0 Å². The molecule has 0 aliphatic heterocycles. The van der Waals surface area contributed by atoms with E-state index in [2.05, 4.69) is 4.74 Å². The monoisotopic (exact) mass is 142 g/mol. The molecular weight excluding hydrogens is 132 g/mol. The number of esters is 1. The van der Waals surface area contributed by atoms with Gasteiger partial charge in [0.1, 0.15) is 6.29 Å². The largest absolute Gasteiger partial charge is 0.469 e. The van der Waals surface area contributed by atoms with E-state index in [9.17, 15) is 9.59 Å². The Morgan fingerprint density at radius 3 is 2.60 bits per heavy atom. The van der Waals surface area contributed by atoms with Crippen LogP contribution in [0.15, 0.2) is 11.6 Å². The topological polar surface area (TPSA) is 43.4 Å². The molecule has 0 fully saturated rings. The fourth-order valence-corrected chi connectivity index (χ4v) is 0.475. The van der Waals surface area contributed by atoms with Crippen molar-refractivity contribution < 1.29 is 14.3 Å². The summed E-state index contributed by atoms with van der Waals surface area (Å²) in [6, 6.07) is 0. The van der Waals surface area contributed by atoms with Gasteiger partial charge < -0.3 is 4.74 Å². The van der Waals surface area contributed by atoms with E-state index in [0.717, 1.165) is 0 Å². The molecule has 0 rings (SSSR count). The molecule has 0 heterocycles. The van der Waals surface area contributed by atoms with Crippen molar-refractivity contribution in [2.45, 2.75) is 13.3 Å². The molecule has 0 saturated carbocycles. The van der Waals surface area contributed by atoms with Gasteiger partial charge in [0, 0.05) is 0 Å². The number of rotatable bonds is 3. The molecule has 0 spiro atoms. The van der Waals surface area contributed by atoms with E-state index in [0.29, 0.717) is 11.9 Å². The van der Waals surface area contributed by atoms with Crippen LogP contribution in [0.3, 0.4) is 0 Å². The standard InChI is InChI=1S/C7H10O3/c1-6(3-4-8)5-7(9)10-2/h3-4H,5H2,1-2H3/b6-3+. The first-order chi connectivity index (χ1) is 4.70. The lowest BCUT2D eigenvalue weighted by molar-refractivity contribution is -0.139. The maximum absolute atomic E-state index is 10.5. The highest BCUT2D eigenvalue weighted by Crippen LogP contribution is 1.98. The predicted octanol–water partition coefficient (Wildman–Crippen LogP) is 0.695. The van der Waals surface area contributed by atoms with Crippen molar-refractivity contribution >= 4 is 12.3 Å². The van der Waals surface area contributed by atoms with E-state index in [1.165, 1.54) is 13.2 Å². The van der Waals surface area contributed by atoms with Crippen LogP contribution in [0.25, 0.3) is 0 Å². The minimum Gasteiger partial charge on any atom is -0.469 e. The lowest BCUT2D eigenvalue weighted by Gasteiger charge is -1.95. The fraction of sp³-hybridized carbons (Fsp3) is 0.429. The first-order valence-corrected chi connectivity index (χ1v) is 2.88. The zero-order chi connectivity index (χ0) is 7.98. The van der Waals surface area contributed by atoms with Gasteiger partial charge in [0.25, 0.3) is 0 Å². The Hall–Kier alpha value is -1.12. The SMILES string of the molecule is COC(=O)C/C(C)=C/C=O. The van der Waals surface area contributed by atoms with Crippen LogP contribution in [-0.4, -0.2) is 19.4 Å². The molecule has 0 radical (unpaired) electrons. The number of carbonyl (C=O) groups is 2. The molecule has 0 atom stereocenters. The number of aldehydes is 1. The summed E-state index contributed by atoms with van der Waals surface area (Å²) in [5.41, 5.74) is 0.710. The Morgan fingerprint density at radius 1 is 1.60 bits per heavy atom. The fourth-order valence-electron chi connectivity index (χ4n) is 0.475. The van der Waals surface area contributed by atoms with Gasteiger partial charge in [-0.05, 0) is 13.0 Å². The van der Waals surface area contributed by atoms with Crippen molar-refractivity contribution in [3.8, 4) is 0 Å². The number of allylic oxidation sites excluding steroid dienone is 1. The second kappa shape index (κ2) is 4.73. The van der Waals surface area contributed by atoms with Crippen LogP contribution in [-0.2, 0) is 14.3 Å². The Labute approximate surface area is 59.7 Å². The second-order valence-corrected chi connectivity index (χ2v) is 1.90.